The molecule has 0 fully saturated rings. The summed E-state index contributed by atoms with van der Waals surface area (Å²) in [6.07, 6.45) is 0. The molecule has 0 aromatic carbocycles. The van der Waals surface area contributed by atoms with Crippen LogP contribution in [0.25, 0.3) is 0 Å². The summed E-state index contributed by atoms with van der Waals surface area (Å²) < 4.78 is 0. The molecule has 0 aliphatic carbocycles. The fourth-order valence-electron chi connectivity index (χ4n) is 0. The van der Waals surface area contributed by atoms with Crippen LogP contribution in [0.1, 0.15) is 6.92 Å². The molecule has 0 saturated carbocycles. The third-order valence-corrected chi connectivity index (χ3v) is 0. The standard InChI is InChI=1S/C3H5O.Y.Zn/c1-3(2)4;;/h1H2,2H3;;/q-1;;. The zero-order valence-corrected chi connectivity index (χ0v) is 9.71. The van der Waals surface area contributed by atoms with E-state index in [0.717, 1.165) is 0 Å². The summed E-state index contributed by atoms with van der Waals surface area (Å²) in [5.74, 6) is -0.0833. The Morgan fingerprint density at radius 1 is 1.67 bits per heavy atom. The summed E-state index contributed by atoms with van der Waals surface area (Å²) in [6, 6.07) is 0. The molecule has 29 valence electrons. The van der Waals surface area contributed by atoms with E-state index in [1.54, 1.807) is 0 Å². The first-order chi connectivity index (χ1) is 1.73. The normalized spacial score (nSPS) is 4.17. The first-order valence-corrected chi connectivity index (χ1v) is 1.06. The first kappa shape index (κ1) is 15.7. The number of Topliss-reactive ketones (excluding diaryl/α,β-unsaturated/α-hetero) is 1. The number of ketones is 1. The maximum atomic E-state index is 9.33. The van der Waals surface area contributed by atoms with E-state index in [0.29, 0.717) is 0 Å². The molecule has 0 saturated heterocycles. The van der Waals surface area contributed by atoms with Crippen molar-refractivity contribution in [3.05, 3.63) is 6.92 Å². The van der Waals surface area contributed by atoms with E-state index in [-0.39, 0.29) is 58.0 Å². The van der Waals surface area contributed by atoms with Gasteiger partial charge in [0.15, 0.2) is 0 Å². The number of carbonyl (C=O) groups excluding carboxylic acids is 1. The maximum Gasteiger partial charge on any atom is 0 e. The van der Waals surface area contributed by atoms with Crippen molar-refractivity contribution in [1.82, 2.24) is 0 Å². The van der Waals surface area contributed by atoms with E-state index in [9.17, 15) is 4.79 Å². The van der Waals surface area contributed by atoms with Gasteiger partial charge in [-0.2, -0.15) is 0 Å². The summed E-state index contributed by atoms with van der Waals surface area (Å²) in [5.41, 5.74) is 0. The Kier molecular flexibility index (Phi) is 24.9. The van der Waals surface area contributed by atoms with Gasteiger partial charge in [-0.3, -0.25) is 0 Å². The van der Waals surface area contributed by atoms with Crippen LogP contribution in [0, 0.1) is 6.92 Å². The van der Waals surface area contributed by atoms with Crippen molar-refractivity contribution in [1.29, 1.82) is 0 Å². The van der Waals surface area contributed by atoms with Crippen LogP contribution in [-0.2, 0) is 57.0 Å². The Hall–Kier alpha value is 1.27. The molecule has 3 heteroatoms. The summed E-state index contributed by atoms with van der Waals surface area (Å²) in [5, 5.41) is 0. The van der Waals surface area contributed by atoms with Crippen molar-refractivity contribution >= 4 is 5.78 Å². The quantitative estimate of drug-likeness (QED) is 0.419. The van der Waals surface area contributed by atoms with E-state index in [1.807, 2.05) is 0 Å². The number of carbonyl (C=O) groups is 1. The van der Waals surface area contributed by atoms with Gasteiger partial charge in [0.2, 0.25) is 0 Å². The van der Waals surface area contributed by atoms with Gasteiger partial charge in [-0.1, -0.05) is 0 Å². The molecular formula is C3H5OYZn-. The predicted molar refractivity (Wildman–Crippen MR) is 16.0 cm³/mol. The monoisotopic (exact) mass is 210 g/mol. The van der Waals surface area contributed by atoms with Crippen molar-refractivity contribution in [2.24, 2.45) is 0 Å². The molecule has 0 rings (SSSR count). The Balaban J connectivity index is -0.0000000450. The molecule has 1 radical (unpaired) electrons. The molecule has 0 amide bonds. The second-order valence-electron chi connectivity index (χ2n) is 0.702. The van der Waals surface area contributed by atoms with E-state index < -0.39 is 0 Å². The molecule has 0 unspecified atom stereocenters. The van der Waals surface area contributed by atoms with E-state index in [1.165, 1.54) is 6.92 Å². The van der Waals surface area contributed by atoms with Crippen molar-refractivity contribution in [3.63, 3.8) is 0 Å². The minimum atomic E-state index is -0.0833. The van der Waals surface area contributed by atoms with Crippen molar-refractivity contribution in [3.8, 4) is 0 Å². The van der Waals surface area contributed by atoms with Gasteiger partial charge in [-0.25, -0.2) is 0 Å². The molecule has 0 aromatic rings. The zero-order chi connectivity index (χ0) is 3.58. The third-order valence-electron chi connectivity index (χ3n) is 0. The zero-order valence-electron chi connectivity index (χ0n) is 3.90. The second-order valence-corrected chi connectivity index (χ2v) is 0.702. The third kappa shape index (κ3) is 59.7. The van der Waals surface area contributed by atoms with Gasteiger partial charge in [-0.05, 0) is 12.7 Å². The average Bonchev–Trinajstić information content (AvgIpc) is 0.811. The predicted octanol–water partition coefficient (Wildman–Crippen LogP) is 0.404. The second kappa shape index (κ2) is 9.55. The van der Waals surface area contributed by atoms with Crippen LogP contribution in [0.2, 0.25) is 0 Å². The minimum Gasteiger partial charge on any atom is -0.340 e. The fourth-order valence-corrected chi connectivity index (χ4v) is 0. The molecule has 0 spiro atoms. The van der Waals surface area contributed by atoms with Gasteiger partial charge in [0.05, 0.1) is 0 Å². The summed E-state index contributed by atoms with van der Waals surface area (Å²) >= 11 is 0. The van der Waals surface area contributed by atoms with Gasteiger partial charge < -0.3 is 11.7 Å². The number of hydrogen-bond donors (Lipinski definition) is 0. The molecule has 1 nitrogen and oxygen atoms in total. The van der Waals surface area contributed by atoms with Gasteiger partial charge >= 0.3 is 0 Å². The van der Waals surface area contributed by atoms with Crippen LogP contribution in [-0.4, -0.2) is 5.78 Å². The van der Waals surface area contributed by atoms with E-state index >= 15 is 0 Å². The van der Waals surface area contributed by atoms with Crippen molar-refractivity contribution in [2.45, 2.75) is 6.92 Å². The molecule has 0 atom stereocenters. The Bertz CT molecular complexity index is 33.8. The summed E-state index contributed by atoms with van der Waals surface area (Å²) in [4.78, 5) is 9.33. The maximum absolute atomic E-state index is 9.33. The van der Waals surface area contributed by atoms with Crippen LogP contribution < -0.4 is 0 Å². The Morgan fingerprint density at radius 3 is 1.67 bits per heavy atom. The van der Waals surface area contributed by atoms with Gasteiger partial charge in [0.25, 0.3) is 0 Å². The van der Waals surface area contributed by atoms with Crippen molar-refractivity contribution < 1.29 is 57.0 Å². The molecule has 0 aliphatic rings. The molecular weight excluding hydrogens is 206 g/mol. The van der Waals surface area contributed by atoms with Crippen LogP contribution in [0.5, 0.6) is 0 Å². The molecule has 0 N–H and O–H groups in total. The minimum absolute atomic E-state index is 0. The van der Waals surface area contributed by atoms with E-state index in [4.69, 9.17) is 0 Å². The molecule has 6 heavy (non-hydrogen) atoms. The van der Waals surface area contributed by atoms with Crippen LogP contribution in [0.15, 0.2) is 0 Å². The largest absolute Gasteiger partial charge is 0.340 e. The number of hydrogen-bond acceptors (Lipinski definition) is 1. The van der Waals surface area contributed by atoms with Gasteiger partial charge in [-0.15, -0.1) is 0 Å². The molecule has 0 heterocycles. The molecule has 0 bridgehead atoms. The topological polar surface area (TPSA) is 17.1 Å². The van der Waals surface area contributed by atoms with Gasteiger partial charge in [0.1, 0.15) is 0 Å². The smallest absolute Gasteiger partial charge is 0 e. The van der Waals surface area contributed by atoms with Crippen LogP contribution >= 0.6 is 0 Å². The first-order valence-electron chi connectivity index (χ1n) is 1.06. The molecule has 0 aliphatic heterocycles. The van der Waals surface area contributed by atoms with E-state index in [2.05, 4.69) is 6.92 Å². The van der Waals surface area contributed by atoms with Crippen molar-refractivity contribution in [2.75, 3.05) is 0 Å². The summed E-state index contributed by atoms with van der Waals surface area (Å²) in [6.45, 7) is 4.42. The average molecular weight is 211 g/mol. The van der Waals surface area contributed by atoms with Gasteiger partial charge in [0, 0.05) is 52.2 Å². The SMILES string of the molecule is [CH2-]C(C)=O.[Y].[Zn]. The summed E-state index contributed by atoms with van der Waals surface area (Å²) in [7, 11) is 0. The number of rotatable bonds is 0. The Morgan fingerprint density at radius 2 is 1.67 bits per heavy atom. The Labute approximate surface area is 75.9 Å². The fraction of sp³-hybridized carbons (Fsp3) is 0.333. The molecule has 0 aromatic heterocycles. The van der Waals surface area contributed by atoms with Crippen LogP contribution in [0.4, 0.5) is 0 Å². The van der Waals surface area contributed by atoms with Crippen LogP contribution in [0.3, 0.4) is 0 Å².